The Balaban J connectivity index is 4.96. The van der Waals surface area contributed by atoms with Gasteiger partial charge in [0.05, 0.1) is 19.3 Å². The molecule has 0 fully saturated rings. The van der Waals surface area contributed by atoms with E-state index in [1.54, 1.807) is 41.5 Å². The number of nitrogens with two attached hydrogens (primary N) is 1. The molecular weight excluding hydrogens is 490 g/mol. The number of nitrogens with one attached hydrogen (secondary N) is 4. The number of hydrogen-bond donors (Lipinski definition) is 6. The molecule has 37 heavy (non-hydrogen) atoms. The third-order valence-electron chi connectivity index (χ3n) is 4.43. The Labute approximate surface area is 217 Å². The Morgan fingerprint density at radius 1 is 0.811 bits per heavy atom. The highest BCUT2D eigenvalue weighted by molar-refractivity contribution is 5.92. The standard InChI is InChI=1S/C23H43N5O9/c1-13(29)16(28-17(30)14(24)9-11-25-20(33)36-22(2,3)4)18(31)27-15(19(32)35-8)10-12-26-21(34)37-23(5,6)7/h13-16,29H,9-12,24H2,1-8H3,(H,25,33)(H,26,34)(H,27,31)(H,28,30)/t13-,14+,15+,16?/m1/s1. The van der Waals surface area contributed by atoms with E-state index in [2.05, 4.69) is 21.3 Å². The maximum absolute atomic E-state index is 12.8. The summed E-state index contributed by atoms with van der Waals surface area (Å²) in [5, 5.41) is 19.7. The molecule has 4 atom stereocenters. The molecule has 0 bridgehead atoms. The molecule has 0 radical (unpaired) electrons. The van der Waals surface area contributed by atoms with Crippen molar-refractivity contribution in [3.8, 4) is 0 Å². The van der Waals surface area contributed by atoms with E-state index in [0.29, 0.717) is 0 Å². The summed E-state index contributed by atoms with van der Waals surface area (Å²) in [6, 6.07) is -3.74. The van der Waals surface area contributed by atoms with Crippen LogP contribution in [0, 0.1) is 0 Å². The third kappa shape index (κ3) is 15.6. The van der Waals surface area contributed by atoms with Crippen LogP contribution >= 0.6 is 0 Å². The van der Waals surface area contributed by atoms with E-state index in [9.17, 15) is 29.1 Å². The number of aliphatic hydroxyl groups is 1. The Morgan fingerprint density at radius 3 is 1.68 bits per heavy atom. The van der Waals surface area contributed by atoms with Crippen LogP contribution in [0.2, 0.25) is 0 Å². The minimum absolute atomic E-state index is 0.0281. The van der Waals surface area contributed by atoms with E-state index in [1.807, 2.05) is 0 Å². The predicted octanol–water partition coefficient (Wildman–Crippen LogP) is -0.333. The minimum Gasteiger partial charge on any atom is -0.467 e. The fourth-order valence-electron chi connectivity index (χ4n) is 2.73. The second-order valence-electron chi connectivity index (χ2n) is 10.4. The van der Waals surface area contributed by atoms with Crippen LogP contribution in [0.5, 0.6) is 0 Å². The van der Waals surface area contributed by atoms with Gasteiger partial charge in [0.15, 0.2) is 0 Å². The van der Waals surface area contributed by atoms with Gasteiger partial charge < -0.3 is 46.3 Å². The number of carbonyl (C=O) groups is 5. The Hall–Kier alpha value is -3.13. The highest BCUT2D eigenvalue weighted by atomic mass is 16.6. The van der Waals surface area contributed by atoms with Crippen LogP contribution in [0.1, 0.15) is 61.3 Å². The normalized spacial score (nSPS) is 14.8. The average molecular weight is 534 g/mol. The monoisotopic (exact) mass is 533 g/mol. The van der Waals surface area contributed by atoms with Gasteiger partial charge >= 0.3 is 18.2 Å². The van der Waals surface area contributed by atoms with E-state index in [-0.39, 0.29) is 25.9 Å². The number of ether oxygens (including phenoxy) is 3. The first kappa shape index (κ1) is 33.9. The molecule has 0 aliphatic carbocycles. The van der Waals surface area contributed by atoms with Crippen molar-refractivity contribution in [3.05, 3.63) is 0 Å². The number of hydrogen-bond acceptors (Lipinski definition) is 10. The van der Waals surface area contributed by atoms with Crippen molar-refractivity contribution in [2.75, 3.05) is 20.2 Å². The minimum atomic E-state index is -1.44. The van der Waals surface area contributed by atoms with Gasteiger partial charge in [-0.15, -0.1) is 0 Å². The molecule has 0 rings (SSSR count). The van der Waals surface area contributed by atoms with Gasteiger partial charge in [-0.1, -0.05) is 0 Å². The fraction of sp³-hybridized carbons (Fsp3) is 0.783. The van der Waals surface area contributed by atoms with Gasteiger partial charge in [0.2, 0.25) is 11.8 Å². The van der Waals surface area contributed by atoms with Crippen molar-refractivity contribution < 1.29 is 43.3 Å². The summed E-state index contributed by atoms with van der Waals surface area (Å²) in [7, 11) is 1.13. The van der Waals surface area contributed by atoms with Crippen molar-refractivity contribution in [1.29, 1.82) is 0 Å². The first-order chi connectivity index (χ1) is 16.9. The Morgan fingerprint density at radius 2 is 1.27 bits per heavy atom. The van der Waals surface area contributed by atoms with Crippen LogP contribution in [0.25, 0.3) is 0 Å². The number of alkyl carbamates (subject to hydrolysis) is 2. The fourth-order valence-corrected chi connectivity index (χ4v) is 2.73. The average Bonchev–Trinajstić information content (AvgIpc) is 2.72. The van der Waals surface area contributed by atoms with Gasteiger partial charge in [-0.3, -0.25) is 9.59 Å². The molecule has 0 aromatic heterocycles. The lowest BCUT2D eigenvalue weighted by Gasteiger charge is -2.25. The van der Waals surface area contributed by atoms with Gasteiger partial charge in [0, 0.05) is 13.1 Å². The molecule has 0 saturated heterocycles. The summed E-state index contributed by atoms with van der Waals surface area (Å²) < 4.78 is 14.9. The van der Waals surface area contributed by atoms with Crippen molar-refractivity contribution in [2.45, 2.75) is 96.7 Å². The summed E-state index contributed by atoms with van der Waals surface area (Å²) in [4.78, 5) is 60.9. The molecule has 1 unspecified atom stereocenters. The molecule has 0 aromatic carbocycles. The number of aliphatic hydroxyl groups excluding tert-OH is 1. The largest absolute Gasteiger partial charge is 0.467 e. The van der Waals surface area contributed by atoms with Crippen LogP contribution in [0.3, 0.4) is 0 Å². The van der Waals surface area contributed by atoms with Crippen molar-refractivity contribution >= 4 is 30.0 Å². The van der Waals surface area contributed by atoms with E-state index < -0.39 is 65.4 Å². The molecule has 0 aromatic rings. The number of carbonyl (C=O) groups excluding carboxylic acids is 5. The summed E-state index contributed by atoms with van der Waals surface area (Å²) in [5.41, 5.74) is 4.45. The number of rotatable bonds is 12. The van der Waals surface area contributed by atoms with Gasteiger partial charge in [-0.2, -0.15) is 0 Å². The Kier molecular flexibility index (Phi) is 13.9. The highest BCUT2D eigenvalue weighted by Crippen LogP contribution is 2.07. The summed E-state index contributed by atoms with van der Waals surface area (Å²) in [6.07, 6.45) is -2.73. The molecule has 0 aliphatic heterocycles. The van der Waals surface area contributed by atoms with Crippen molar-refractivity contribution in [1.82, 2.24) is 21.3 Å². The first-order valence-electron chi connectivity index (χ1n) is 11.9. The van der Waals surface area contributed by atoms with Crippen LogP contribution in [-0.4, -0.2) is 90.7 Å². The summed E-state index contributed by atoms with van der Waals surface area (Å²) >= 11 is 0. The topological polar surface area (TPSA) is 207 Å². The lowest BCUT2D eigenvalue weighted by atomic mass is 10.1. The van der Waals surface area contributed by atoms with Crippen LogP contribution in [0.15, 0.2) is 0 Å². The molecule has 4 amide bonds. The molecule has 0 spiro atoms. The van der Waals surface area contributed by atoms with E-state index >= 15 is 0 Å². The van der Waals surface area contributed by atoms with Gasteiger partial charge in [0.25, 0.3) is 0 Å². The van der Waals surface area contributed by atoms with Crippen LogP contribution in [-0.2, 0) is 28.6 Å². The molecule has 14 nitrogen and oxygen atoms in total. The number of amides is 4. The van der Waals surface area contributed by atoms with Gasteiger partial charge in [0.1, 0.15) is 23.3 Å². The van der Waals surface area contributed by atoms with Gasteiger partial charge in [-0.05, 0) is 61.3 Å². The van der Waals surface area contributed by atoms with E-state index in [0.717, 1.165) is 7.11 Å². The van der Waals surface area contributed by atoms with Gasteiger partial charge in [-0.25, -0.2) is 14.4 Å². The smallest absolute Gasteiger partial charge is 0.407 e. The summed E-state index contributed by atoms with van der Waals surface area (Å²) in [6.45, 7) is 11.5. The lowest BCUT2D eigenvalue weighted by molar-refractivity contribution is -0.146. The number of esters is 1. The zero-order chi connectivity index (χ0) is 29.0. The van der Waals surface area contributed by atoms with E-state index in [1.165, 1.54) is 6.92 Å². The van der Waals surface area contributed by atoms with Crippen molar-refractivity contribution in [3.63, 3.8) is 0 Å². The molecule has 0 heterocycles. The van der Waals surface area contributed by atoms with E-state index in [4.69, 9.17) is 19.9 Å². The third-order valence-corrected chi connectivity index (χ3v) is 4.43. The molecular formula is C23H43N5O9. The molecule has 14 heteroatoms. The zero-order valence-electron chi connectivity index (χ0n) is 22.9. The maximum atomic E-state index is 12.8. The maximum Gasteiger partial charge on any atom is 0.407 e. The molecule has 214 valence electrons. The molecule has 0 aliphatic rings. The summed E-state index contributed by atoms with van der Waals surface area (Å²) in [5.74, 6) is -2.41. The second-order valence-corrected chi connectivity index (χ2v) is 10.4. The van der Waals surface area contributed by atoms with Crippen LogP contribution in [0.4, 0.5) is 9.59 Å². The first-order valence-corrected chi connectivity index (χ1v) is 11.9. The van der Waals surface area contributed by atoms with Crippen LogP contribution < -0.4 is 27.0 Å². The lowest BCUT2D eigenvalue weighted by Crippen LogP contribution is -2.58. The number of methoxy groups -OCH3 is 1. The SMILES string of the molecule is COC(=O)[C@H](CCNC(=O)OC(C)(C)C)NC(=O)C(NC(=O)[C@@H](N)CCNC(=O)OC(C)(C)C)[C@@H](C)O. The zero-order valence-corrected chi connectivity index (χ0v) is 22.9. The Bertz CT molecular complexity index is 790. The molecule has 0 saturated carbocycles. The highest BCUT2D eigenvalue weighted by Gasteiger charge is 2.31. The molecule has 7 N–H and O–H groups in total. The quantitative estimate of drug-likeness (QED) is 0.142. The van der Waals surface area contributed by atoms with Crippen molar-refractivity contribution in [2.24, 2.45) is 5.73 Å². The second kappa shape index (κ2) is 15.2. The predicted molar refractivity (Wildman–Crippen MR) is 133 cm³/mol.